The second-order valence-corrected chi connectivity index (χ2v) is 6.64. The number of hydrogen-bond acceptors (Lipinski definition) is 2. The Morgan fingerprint density at radius 1 is 1.08 bits per heavy atom. The third-order valence-corrected chi connectivity index (χ3v) is 4.73. The molecule has 0 spiro atoms. The minimum atomic E-state index is -0.0562. The Morgan fingerprint density at radius 3 is 2.60 bits per heavy atom. The lowest BCUT2D eigenvalue weighted by atomic mass is 9.88. The van der Waals surface area contributed by atoms with Gasteiger partial charge < -0.3 is 10.2 Å². The number of nitrogens with zero attached hydrogens (tertiary/aromatic N) is 1. The lowest BCUT2D eigenvalue weighted by Crippen LogP contribution is -2.35. The first-order chi connectivity index (χ1) is 12.1. The standard InChI is InChI=1S/C20H21ClN2O2/c21-17-8-4-7-16(13-17)18(15-5-2-1-3-6-15)14-20(25)23-11-9-19(24)22-10-12-23/h1-8,13,18H,9-12,14H2,(H,22,24). The number of nitrogens with one attached hydrogen (secondary N) is 1. The van der Waals surface area contributed by atoms with E-state index >= 15 is 0 Å². The molecule has 2 aromatic carbocycles. The molecule has 1 unspecified atom stereocenters. The number of halogens is 1. The number of carbonyl (C=O) groups is 2. The SMILES string of the molecule is O=C1CCN(C(=O)CC(c2ccccc2)c2cccc(Cl)c2)CCN1. The van der Waals surface area contributed by atoms with E-state index in [0.29, 0.717) is 37.5 Å². The number of amides is 2. The molecular formula is C20H21ClN2O2. The average molecular weight is 357 g/mol. The third kappa shape index (κ3) is 4.60. The maximum Gasteiger partial charge on any atom is 0.223 e. The molecule has 1 atom stereocenters. The first-order valence-corrected chi connectivity index (χ1v) is 8.86. The van der Waals surface area contributed by atoms with Crippen LogP contribution in [0.1, 0.15) is 29.9 Å². The van der Waals surface area contributed by atoms with Crippen molar-refractivity contribution >= 4 is 23.4 Å². The molecule has 2 amide bonds. The highest BCUT2D eigenvalue weighted by Gasteiger charge is 2.24. The summed E-state index contributed by atoms with van der Waals surface area (Å²) < 4.78 is 0. The van der Waals surface area contributed by atoms with Gasteiger partial charge in [0.1, 0.15) is 0 Å². The van der Waals surface area contributed by atoms with Gasteiger partial charge in [-0.3, -0.25) is 9.59 Å². The molecule has 25 heavy (non-hydrogen) atoms. The van der Waals surface area contributed by atoms with E-state index < -0.39 is 0 Å². The van der Waals surface area contributed by atoms with Crippen molar-refractivity contribution in [3.8, 4) is 0 Å². The molecule has 0 radical (unpaired) electrons. The van der Waals surface area contributed by atoms with E-state index in [2.05, 4.69) is 5.32 Å². The Balaban J connectivity index is 1.82. The van der Waals surface area contributed by atoms with Crippen molar-refractivity contribution in [3.05, 3.63) is 70.7 Å². The topological polar surface area (TPSA) is 49.4 Å². The zero-order chi connectivity index (χ0) is 17.6. The van der Waals surface area contributed by atoms with Gasteiger partial charge >= 0.3 is 0 Å². The highest BCUT2D eigenvalue weighted by Crippen LogP contribution is 2.30. The maximum absolute atomic E-state index is 12.9. The molecule has 0 aromatic heterocycles. The smallest absolute Gasteiger partial charge is 0.223 e. The molecule has 0 saturated carbocycles. The Kier molecular flexibility index (Phi) is 5.71. The zero-order valence-electron chi connectivity index (χ0n) is 14.0. The van der Waals surface area contributed by atoms with Crippen LogP contribution >= 0.6 is 11.6 Å². The summed E-state index contributed by atoms with van der Waals surface area (Å²) >= 11 is 6.16. The molecule has 1 N–H and O–H groups in total. The third-order valence-electron chi connectivity index (χ3n) is 4.50. The van der Waals surface area contributed by atoms with Crippen molar-refractivity contribution < 1.29 is 9.59 Å². The van der Waals surface area contributed by atoms with Crippen LogP contribution in [-0.4, -0.2) is 36.3 Å². The highest BCUT2D eigenvalue weighted by atomic mass is 35.5. The molecule has 1 heterocycles. The van der Waals surface area contributed by atoms with E-state index in [1.807, 2.05) is 54.6 Å². The fraction of sp³-hybridized carbons (Fsp3) is 0.300. The van der Waals surface area contributed by atoms with E-state index in [4.69, 9.17) is 11.6 Å². The van der Waals surface area contributed by atoms with Crippen LogP contribution in [0.2, 0.25) is 5.02 Å². The normalized spacial score (nSPS) is 16.0. The number of carbonyl (C=O) groups excluding carboxylic acids is 2. The van der Waals surface area contributed by atoms with Crippen LogP contribution in [0.25, 0.3) is 0 Å². The summed E-state index contributed by atoms with van der Waals surface area (Å²) in [6, 6.07) is 17.7. The predicted octanol–water partition coefficient (Wildman–Crippen LogP) is 3.21. The molecule has 0 aliphatic carbocycles. The van der Waals surface area contributed by atoms with Gasteiger partial charge in [0.05, 0.1) is 0 Å². The zero-order valence-corrected chi connectivity index (χ0v) is 14.7. The molecule has 130 valence electrons. The van der Waals surface area contributed by atoms with Crippen molar-refractivity contribution in [1.29, 1.82) is 0 Å². The van der Waals surface area contributed by atoms with Crippen molar-refractivity contribution in [1.82, 2.24) is 10.2 Å². The molecule has 4 nitrogen and oxygen atoms in total. The fourth-order valence-corrected chi connectivity index (χ4v) is 3.36. The van der Waals surface area contributed by atoms with Gasteiger partial charge in [-0.15, -0.1) is 0 Å². The second-order valence-electron chi connectivity index (χ2n) is 6.20. The van der Waals surface area contributed by atoms with Crippen molar-refractivity contribution in [2.75, 3.05) is 19.6 Å². The van der Waals surface area contributed by atoms with Crippen LogP contribution in [-0.2, 0) is 9.59 Å². The molecule has 1 fully saturated rings. The van der Waals surface area contributed by atoms with E-state index in [-0.39, 0.29) is 17.7 Å². The van der Waals surface area contributed by atoms with Crippen LogP contribution in [0, 0.1) is 0 Å². The summed E-state index contributed by atoms with van der Waals surface area (Å²) in [5.74, 6) is 0.00870. The van der Waals surface area contributed by atoms with Gasteiger partial charge in [0.15, 0.2) is 0 Å². The van der Waals surface area contributed by atoms with Crippen molar-refractivity contribution in [3.63, 3.8) is 0 Å². The number of rotatable bonds is 4. The van der Waals surface area contributed by atoms with E-state index in [1.54, 1.807) is 4.90 Å². The minimum Gasteiger partial charge on any atom is -0.354 e. The minimum absolute atomic E-state index is 0.00440. The maximum atomic E-state index is 12.9. The number of benzene rings is 2. The summed E-state index contributed by atoms with van der Waals surface area (Å²) in [6.45, 7) is 1.54. The van der Waals surface area contributed by atoms with Gasteiger partial charge in [0, 0.05) is 43.4 Å². The summed E-state index contributed by atoms with van der Waals surface area (Å²) in [6.07, 6.45) is 0.720. The molecule has 1 aliphatic rings. The molecule has 0 bridgehead atoms. The van der Waals surface area contributed by atoms with E-state index in [1.165, 1.54) is 0 Å². The quantitative estimate of drug-likeness (QED) is 0.914. The Bertz CT molecular complexity index is 748. The highest BCUT2D eigenvalue weighted by molar-refractivity contribution is 6.30. The van der Waals surface area contributed by atoms with Gasteiger partial charge in [-0.2, -0.15) is 0 Å². The Hall–Kier alpha value is -2.33. The van der Waals surface area contributed by atoms with E-state index in [9.17, 15) is 9.59 Å². The Labute approximate surface area is 152 Å². The van der Waals surface area contributed by atoms with Gasteiger partial charge in [0.25, 0.3) is 0 Å². The predicted molar refractivity (Wildman–Crippen MR) is 98.6 cm³/mol. The molecular weight excluding hydrogens is 336 g/mol. The molecule has 2 aromatic rings. The number of hydrogen-bond donors (Lipinski definition) is 1. The first-order valence-electron chi connectivity index (χ1n) is 8.48. The van der Waals surface area contributed by atoms with Crippen LogP contribution < -0.4 is 5.32 Å². The summed E-state index contributed by atoms with van der Waals surface area (Å²) in [4.78, 5) is 26.1. The summed E-state index contributed by atoms with van der Waals surface area (Å²) in [5.41, 5.74) is 2.11. The first kappa shape index (κ1) is 17.5. The molecule has 1 aliphatic heterocycles. The van der Waals surface area contributed by atoms with Crippen molar-refractivity contribution in [2.45, 2.75) is 18.8 Å². The average Bonchev–Trinajstić information content (AvgIpc) is 2.85. The largest absolute Gasteiger partial charge is 0.354 e. The molecule has 1 saturated heterocycles. The van der Waals surface area contributed by atoms with Crippen LogP contribution in [0.3, 0.4) is 0 Å². The van der Waals surface area contributed by atoms with Crippen LogP contribution in [0.15, 0.2) is 54.6 Å². The van der Waals surface area contributed by atoms with Gasteiger partial charge in [-0.25, -0.2) is 0 Å². The van der Waals surface area contributed by atoms with Crippen molar-refractivity contribution in [2.24, 2.45) is 0 Å². The summed E-state index contributed by atoms with van der Waals surface area (Å²) in [5, 5.41) is 3.47. The lowest BCUT2D eigenvalue weighted by molar-refractivity contribution is -0.131. The van der Waals surface area contributed by atoms with E-state index in [0.717, 1.165) is 11.1 Å². The van der Waals surface area contributed by atoms with Crippen LogP contribution in [0.5, 0.6) is 0 Å². The lowest BCUT2D eigenvalue weighted by Gasteiger charge is -2.24. The van der Waals surface area contributed by atoms with Crippen LogP contribution in [0.4, 0.5) is 0 Å². The van der Waals surface area contributed by atoms with Gasteiger partial charge in [-0.1, -0.05) is 54.1 Å². The fourth-order valence-electron chi connectivity index (χ4n) is 3.16. The molecule has 5 heteroatoms. The second kappa shape index (κ2) is 8.17. The monoisotopic (exact) mass is 356 g/mol. The summed E-state index contributed by atoms with van der Waals surface area (Å²) in [7, 11) is 0. The van der Waals surface area contributed by atoms with Gasteiger partial charge in [0.2, 0.25) is 11.8 Å². The molecule has 3 rings (SSSR count). The Morgan fingerprint density at radius 2 is 1.84 bits per heavy atom. The van der Waals surface area contributed by atoms with Gasteiger partial charge in [-0.05, 0) is 23.3 Å².